The van der Waals surface area contributed by atoms with Crippen molar-refractivity contribution < 1.29 is 15.0 Å². The molecule has 0 aliphatic heterocycles. The van der Waals surface area contributed by atoms with Crippen LogP contribution in [0.3, 0.4) is 0 Å². The van der Waals surface area contributed by atoms with E-state index >= 15 is 0 Å². The molecular formula is C13H19NO3. The van der Waals surface area contributed by atoms with Crippen LogP contribution in [-0.4, -0.2) is 28.8 Å². The minimum absolute atomic E-state index is 0.00424. The van der Waals surface area contributed by atoms with Crippen LogP contribution in [0, 0.1) is 13.8 Å². The van der Waals surface area contributed by atoms with Crippen molar-refractivity contribution in [1.29, 1.82) is 0 Å². The fourth-order valence-corrected chi connectivity index (χ4v) is 1.63. The number of rotatable bonds is 6. The Morgan fingerprint density at radius 1 is 1.41 bits per heavy atom. The van der Waals surface area contributed by atoms with Gasteiger partial charge in [-0.15, -0.1) is 0 Å². The molecule has 0 spiro atoms. The fourth-order valence-electron chi connectivity index (χ4n) is 1.63. The SMILES string of the molecule is Cc1ccc(NCC(O)CCC(=O)O)c(C)c1. The summed E-state index contributed by atoms with van der Waals surface area (Å²) in [7, 11) is 0. The Balaban J connectivity index is 2.41. The number of carboxylic acid groups (broad SMARTS) is 1. The Morgan fingerprint density at radius 2 is 2.12 bits per heavy atom. The van der Waals surface area contributed by atoms with E-state index in [4.69, 9.17) is 5.11 Å². The minimum atomic E-state index is -0.879. The molecule has 0 aliphatic rings. The van der Waals surface area contributed by atoms with Gasteiger partial charge in [-0.2, -0.15) is 0 Å². The van der Waals surface area contributed by atoms with Gasteiger partial charge >= 0.3 is 5.97 Å². The van der Waals surface area contributed by atoms with Crippen molar-refractivity contribution in [3.05, 3.63) is 29.3 Å². The van der Waals surface area contributed by atoms with Crippen LogP contribution in [0.2, 0.25) is 0 Å². The lowest BCUT2D eigenvalue weighted by Crippen LogP contribution is -2.20. The first-order valence-corrected chi connectivity index (χ1v) is 5.70. The molecule has 0 amide bonds. The summed E-state index contributed by atoms with van der Waals surface area (Å²) in [6, 6.07) is 6.03. The maximum Gasteiger partial charge on any atom is 0.303 e. The number of carbonyl (C=O) groups is 1. The number of carboxylic acids is 1. The van der Waals surface area contributed by atoms with Crippen LogP contribution in [0.4, 0.5) is 5.69 Å². The number of nitrogens with one attached hydrogen (secondary N) is 1. The number of aliphatic hydroxyl groups excluding tert-OH is 1. The molecule has 4 nitrogen and oxygen atoms in total. The fraction of sp³-hybridized carbons (Fsp3) is 0.462. The molecule has 1 aromatic carbocycles. The van der Waals surface area contributed by atoms with Crippen LogP contribution >= 0.6 is 0 Å². The van der Waals surface area contributed by atoms with Crippen molar-refractivity contribution in [2.45, 2.75) is 32.8 Å². The molecule has 3 N–H and O–H groups in total. The summed E-state index contributed by atoms with van der Waals surface area (Å²) in [5.74, 6) is -0.879. The summed E-state index contributed by atoms with van der Waals surface area (Å²) in [6.45, 7) is 4.40. The Morgan fingerprint density at radius 3 is 2.71 bits per heavy atom. The average molecular weight is 237 g/mol. The maximum absolute atomic E-state index is 10.3. The first-order valence-electron chi connectivity index (χ1n) is 5.70. The highest BCUT2D eigenvalue weighted by molar-refractivity contribution is 5.66. The molecule has 1 unspecified atom stereocenters. The van der Waals surface area contributed by atoms with Gasteiger partial charge in [-0.1, -0.05) is 17.7 Å². The van der Waals surface area contributed by atoms with Crippen LogP contribution in [-0.2, 0) is 4.79 Å². The summed E-state index contributed by atoms with van der Waals surface area (Å²) < 4.78 is 0. The number of hydrogen-bond acceptors (Lipinski definition) is 3. The number of hydrogen-bond donors (Lipinski definition) is 3. The molecule has 17 heavy (non-hydrogen) atoms. The number of aliphatic hydroxyl groups is 1. The van der Waals surface area contributed by atoms with Crippen molar-refractivity contribution in [2.24, 2.45) is 0 Å². The third kappa shape index (κ3) is 4.87. The Kier molecular flexibility index (Phi) is 4.97. The van der Waals surface area contributed by atoms with Gasteiger partial charge < -0.3 is 15.5 Å². The highest BCUT2D eigenvalue weighted by atomic mass is 16.4. The van der Waals surface area contributed by atoms with Gasteiger partial charge in [-0.3, -0.25) is 4.79 Å². The quantitative estimate of drug-likeness (QED) is 0.707. The van der Waals surface area contributed by atoms with Crippen molar-refractivity contribution in [2.75, 3.05) is 11.9 Å². The zero-order valence-electron chi connectivity index (χ0n) is 10.2. The van der Waals surface area contributed by atoms with Crippen LogP contribution in [0.1, 0.15) is 24.0 Å². The minimum Gasteiger partial charge on any atom is -0.481 e. The predicted octanol–water partition coefficient (Wildman–Crippen LogP) is 1.94. The van der Waals surface area contributed by atoms with Gasteiger partial charge in [0.25, 0.3) is 0 Å². The van der Waals surface area contributed by atoms with E-state index in [2.05, 4.69) is 11.4 Å². The molecule has 1 aromatic rings. The van der Waals surface area contributed by atoms with E-state index in [0.717, 1.165) is 11.3 Å². The molecule has 0 saturated heterocycles. The molecule has 0 fully saturated rings. The predicted molar refractivity (Wildman–Crippen MR) is 67.3 cm³/mol. The molecule has 1 atom stereocenters. The molecule has 1 rings (SSSR count). The van der Waals surface area contributed by atoms with Crippen molar-refractivity contribution >= 4 is 11.7 Å². The standard InChI is InChI=1S/C13H19NO3/c1-9-3-5-12(10(2)7-9)14-8-11(15)4-6-13(16)17/h3,5,7,11,14-15H,4,6,8H2,1-2H3,(H,16,17). The van der Waals surface area contributed by atoms with E-state index in [-0.39, 0.29) is 12.8 Å². The summed E-state index contributed by atoms with van der Waals surface area (Å²) >= 11 is 0. The number of benzene rings is 1. The molecule has 0 bridgehead atoms. The number of aryl methyl sites for hydroxylation is 2. The molecule has 0 radical (unpaired) electrons. The summed E-state index contributed by atoms with van der Waals surface area (Å²) in [5.41, 5.74) is 3.29. The molecular weight excluding hydrogens is 218 g/mol. The third-order valence-electron chi connectivity index (χ3n) is 2.60. The van der Waals surface area contributed by atoms with Gasteiger partial charge in [0.1, 0.15) is 0 Å². The summed E-state index contributed by atoms with van der Waals surface area (Å²) in [5, 5.41) is 21.2. The van der Waals surface area contributed by atoms with Crippen molar-refractivity contribution in [3.63, 3.8) is 0 Å². The lowest BCUT2D eigenvalue weighted by molar-refractivity contribution is -0.137. The maximum atomic E-state index is 10.3. The van der Waals surface area contributed by atoms with Crippen LogP contribution in [0.5, 0.6) is 0 Å². The van der Waals surface area contributed by atoms with Crippen LogP contribution in [0.25, 0.3) is 0 Å². The number of anilines is 1. The topological polar surface area (TPSA) is 69.6 Å². The zero-order valence-corrected chi connectivity index (χ0v) is 10.2. The summed E-state index contributed by atoms with van der Waals surface area (Å²) in [4.78, 5) is 10.3. The second-order valence-electron chi connectivity index (χ2n) is 4.29. The van der Waals surface area contributed by atoms with Crippen molar-refractivity contribution in [1.82, 2.24) is 0 Å². The highest BCUT2D eigenvalue weighted by Crippen LogP contribution is 2.16. The first-order chi connectivity index (χ1) is 7.99. The van der Waals surface area contributed by atoms with E-state index in [0.29, 0.717) is 6.54 Å². The van der Waals surface area contributed by atoms with E-state index in [9.17, 15) is 9.90 Å². The largest absolute Gasteiger partial charge is 0.481 e. The molecule has 0 saturated carbocycles. The van der Waals surface area contributed by atoms with E-state index in [1.54, 1.807) is 0 Å². The molecule has 0 aliphatic carbocycles. The second-order valence-corrected chi connectivity index (χ2v) is 4.29. The Labute approximate surface area is 101 Å². The molecule has 0 aromatic heterocycles. The number of aliphatic carboxylic acids is 1. The van der Waals surface area contributed by atoms with Crippen LogP contribution < -0.4 is 5.32 Å². The van der Waals surface area contributed by atoms with Crippen LogP contribution in [0.15, 0.2) is 18.2 Å². The molecule has 0 heterocycles. The first kappa shape index (κ1) is 13.5. The third-order valence-corrected chi connectivity index (χ3v) is 2.60. The zero-order chi connectivity index (χ0) is 12.8. The average Bonchev–Trinajstić information content (AvgIpc) is 2.25. The lowest BCUT2D eigenvalue weighted by atomic mass is 10.1. The van der Waals surface area contributed by atoms with Gasteiger partial charge in [0.2, 0.25) is 0 Å². The summed E-state index contributed by atoms with van der Waals surface area (Å²) in [6.07, 6.45) is -0.366. The highest BCUT2D eigenvalue weighted by Gasteiger charge is 2.07. The Bertz CT molecular complexity index is 390. The van der Waals surface area contributed by atoms with E-state index in [1.165, 1.54) is 5.56 Å². The second kappa shape index (κ2) is 6.25. The van der Waals surface area contributed by atoms with Gasteiger partial charge in [0, 0.05) is 18.7 Å². The normalized spacial score (nSPS) is 12.2. The van der Waals surface area contributed by atoms with E-state index in [1.807, 2.05) is 26.0 Å². The molecule has 4 heteroatoms. The van der Waals surface area contributed by atoms with Crippen molar-refractivity contribution in [3.8, 4) is 0 Å². The van der Waals surface area contributed by atoms with E-state index < -0.39 is 12.1 Å². The smallest absolute Gasteiger partial charge is 0.303 e. The molecule has 94 valence electrons. The lowest BCUT2D eigenvalue weighted by Gasteiger charge is -2.14. The Hall–Kier alpha value is -1.55. The van der Waals surface area contributed by atoms with Gasteiger partial charge in [0.15, 0.2) is 0 Å². The monoisotopic (exact) mass is 237 g/mol. The van der Waals surface area contributed by atoms with Gasteiger partial charge in [0.05, 0.1) is 6.10 Å². The van der Waals surface area contributed by atoms with Gasteiger partial charge in [-0.25, -0.2) is 0 Å². The van der Waals surface area contributed by atoms with Gasteiger partial charge in [-0.05, 0) is 31.9 Å².